The average Bonchev–Trinajstić information content (AvgIpc) is 3.24. The van der Waals surface area contributed by atoms with E-state index in [1.807, 2.05) is 31.2 Å². The van der Waals surface area contributed by atoms with Crippen LogP contribution in [0.4, 0.5) is 11.5 Å². The second kappa shape index (κ2) is 8.57. The summed E-state index contributed by atoms with van der Waals surface area (Å²) in [5.74, 6) is -0.000903. The first-order valence-electron chi connectivity index (χ1n) is 9.62. The van der Waals surface area contributed by atoms with Gasteiger partial charge in [-0.1, -0.05) is 41.1 Å². The van der Waals surface area contributed by atoms with Gasteiger partial charge in [0.15, 0.2) is 9.84 Å². The highest BCUT2D eigenvalue weighted by atomic mass is 35.5. The van der Waals surface area contributed by atoms with E-state index < -0.39 is 9.84 Å². The van der Waals surface area contributed by atoms with E-state index in [4.69, 9.17) is 17.3 Å². The maximum absolute atomic E-state index is 12.8. The van der Waals surface area contributed by atoms with Crippen molar-refractivity contribution in [3.63, 3.8) is 0 Å². The number of benzene rings is 2. The van der Waals surface area contributed by atoms with Gasteiger partial charge in [-0.3, -0.25) is 4.79 Å². The second-order valence-electron chi connectivity index (χ2n) is 7.44. The van der Waals surface area contributed by atoms with E-state index in [-0.39, 0.29) is 29.3 Å². The zero-order valence-corrected chi connectivity index (χ0v) is 19.1. The minimum absolute atomic E-state index is 0.0186. The van der Waals surface area contributed by atoms with Crippen molar-refractivity contribution in [2.45, 2.75) is 29.3 Å². The molecule has 162 valence electrons. The van der Waals surface area contributed by atoms with Crippen LogP contribution in [0.2, 0.25) is 5.02 Å². The Morgan fingerprint density at radius 2 is 1.87 bits per heavy atom. The number of rotatable bonds is 5. The molecule has 0 spiro atoms. The number of hydrogen-bond acceptors (Lipinski definition) is 6. The van der Waals surface area contributed by atoms with Crippen LogP contribution in [0.25, 0.3) is 0 Å². The van der Waals surface area contributed by atoms with E-state index in [9.17, 15) is 13.2 Å². The molecule has 0 radical (unpaired) electrons. The van der Waals surface area contributed by atoms with Crippen molar-refractivity contribution in [1.82, 2.24) is 9.78 Å². The number of nitrogens with one attached hydrogen (secondary N) is 1. The summed E-state index contributed by atoms with van der Waals surface area (Å²) >= 11 is 7.29. The molecule has 10 heteroatoms. The van der Waals surface area contributed by atoms with Gasteiger partial charge in [-0.2, -0.15) is 5.10 Å². The van der Waals surface area contributed by atoms with E-state index in [0.29, 0.717) is 27.7 Å². The molecule has 1 fully saturated rings. The topological polar surface area (TPSA) is 107 Å². The van der Waals surface area contributed by atoms with Gasteiger partial charge in [-0.05, 0) is 49.7 Å². The summed E-state index contributed by atoms with van der Waals surface area (Å²) in [6, 6.07) is 14.0. The largest absolute Gasteiger partial charge is 0.382 e. The zero-order chi connectivity index (χ0) is 22.2. The third-order valence-corrected chi connectivity index (χ3v) is 8.04. The van der Waals surface area contributed by atoms with Crippen LogP contribution in [0.1, 0.15) is 28.4 Å². The van der Waals surface area contributed by atoms with Gasteiger partial charge in [0.05, 0.1) is 17.5 Å². The highest BCUT2D eigenvalue weighted by Crippen LogP contribution is 2.39. The number of aryl methyl sites for hydroxylation is 1. The van der Waals surface area contributed by atoms with Gasteiger partial charge >= 0.3 is 0 Å². The highest BCUT2D eigenvalue weighted by molar-refractivity contribution is 7.99. The molecule has 2 aromatic carbocycles. The summed E-state index contributed by atoms with van der Waals surface area (Å²) in [5, 5.41) is 8.55. The summed E-state index contributed by atoms with van der Waals surface area (Å²) in [4.78, 5) is 13.7. The quantitative estimate of drug-likeness (QED) is 0.571. The number of amides is 1. The molecule has 1 aliphatic rings. The fraction of sp³-hybridized carbons (Fsp3) is 0.238. The Morgan fingerprint density at radius 1 is 1.19 bits per heavy atom. The summed E-state index contributed by atoms with van der Waals surface area (Å²) in [6.07, 6.45) is 0.435. The molecule has 1 aromatic heterocycles. The molecule has 0 saturated carbocycles. The number of carbonyl (C=O) groups is 1. The fourth-order valence-electron chi connectivity index (χ4n) is 3.37. The number of nitrogens with zero attached hydrogens (tertiary/aromatic N) is 2. The van der Waals surface area contributed by atoms with Crippen molar-refractivity contribution in [2.75, 3.05) is 22.6 Å². The molecule has 0 aliphatic carbocycles. The summed E-state index contributed by atoms with van der Waals surface area (Å²) in [5.41, 5.74) is 8.26. The van der Waals surface area contributed by atoms with Crippen molar-refractivity contribution < 1.29 is 13.2 Å². The minimum atomic E-state index is -3.12. The molecule has 1 atom stereocenters. The van der Waals surface area contributed by atoms with Crippen molar-refractivity contribution in [2.24, 2.45) is 0 Å². The maximum atomic E-state index is 12.8. The number of carbonyl (C=O) groups excluding carboxylic acids is 1. The van der Waals surface area contributed by atoms with Gasteiger partial charge in [-0.25, -0.2) is 13.1 Å². The first kappa shape index (κ1) is 21.7. The lowest BCUT2D eigenvalue weighted by Crippen LogP contribution is -2.16. The van der Waals surface area contributed by atoms with Crippen LogP contribution in [0.15, 0.2) is 58.5 Å². The number of halogens is 1. The smallest absolute Gasteiger partial charge is 0.255 e. The van der Waals surface area contributed by atoms with E-state index in [1.165, 1.54) is 16.4 Å². The molecule has 2 heterocycles. The zero-order valence-electron chi connectivity index (χ0n) is 16.7. The average molecular weight is 477 g/mol. The molecule has 1 saturated heterocycles. The SMILES string of the molecule is Cc1ccc(C(=O)Nc2c(Sc3ccc(Cl)cc3)nn(C3CCS(=O)(=O)C3)c2N)cc1. The molecular weight excluding hydrogens is 456 g/mol. The number of aromatic nitrogens is 2. The van der Waals surface area contributed by atoms with Crippen LogP contribution in [0.3, 0.4) is 0 Å². The lowest BCUT2D eigenvalue weighted by atomic mass is 10.1. The lowest BCUT2D eigenvalue weighted by Gasteiger charge is -2.11. The predicted molar refractivity (Wildman–Crippen MR) is 124 cm³/mol. The van der Waals surface area contributed by atoms with Gasteiger partial charge in [0.2, 0.25) is 0 Å². The Labute approximate surface area is 189 Å². The standard InChI is InChI=1S/C21H21ClN4O3S2/c1-13-2-4-14(5-3-13)20(27)24-18-19(23)26(16-10-11-31(28,29)12-16)25-21(18)30-17-8-6-15(22)7-9-17/h2-9,16H,10-12,23H2,1H3,(H,24,27). The number of nitrogens with two attached hydrogens (primary N) is 1. The Morgan fingerprint density at radius 3 is 2.48 bits per heavy atom. The summed E-state index contributed by atoms with van der Waals surface area (Å²) < 4.78 is 25.4. The predicted octanol–water partition coefficient (Wildman–Crippen LogP) is 4.19. The van der Waals surface area contributed by atoms with E-state index >= 15 is 0 Å². The van der Waals surface area contributed by atoms with Gasteiger partial charge in [0.25, 0.3) is 5.91 Å². The first-order chi connectivity index (χ1) is 14.7. The van der Waals surface area contributed by atoms with Crippen molar-refractivity contribution in [1.29, 1.82) is 0 Å². The van der Waals surface area contributed by atoms with Crippen LogP contribution < -0.4 is 11.1 Å². The summed E-state index contributed by atoms with van der Waals surface area (Å²) in [6.45, 7) is 1.94. The van der Waals surface area contributed by atoms with E-state index in [2.05, 4.69) is 10.4 Å². The number of nitrogen functional groups attached to an aromatic ring is 1. The van der Waals surface area contributed by atoms with Crippen LogP contribution in [0.5, 0.6) is 0 Å². The number of hydrogen-bond donors (Lipinski definition) is 2. The molecular formula is C21H21ClN4O3S2. The highest BCUT2D eigenvalue weighted by Gasteiger charge is 2.33. The van der Waals surface area contributed by atoms with Crippen LogP contribution in [-0.2, 0) is 9.84 Å². The molecule has 1 aliphatic heterocycles. The van der Waals surface area contributed by atoms with Crippen molar-refractivity contribution in [3.05, 3.63) is 64.7 Å². The Bertz CT molecular complexity index is 1220. The first-order valence-corrected chi connectivity index (χ1v) is 12.6. The molecule has 31 heavy (non-hydrogen) atoms. The molecule has 4 rings (SSSR count). The van der Waals surface area contributed by atoms with Crippen LogP contribution >= 0.6 is 23.4 Å². The third kappa shape index (κ3) is 4.89. The van der Waals surface area contributed by atoms with Gasteiger partial charge < -0.3 is 11.1 Å². The monoisotopic (exact) mass is 476 g/mol. The molecule has 1 amide bonds. The summed E-state index contributed by atoms with van der Waals surface area (Å²) in [7, 11) is -3.12. The van der Waals surface area contributed by atoms with Crippen molar-refractivity contribution >= 4 is 50.6 Å². The second-order valence-corrected chi connectivity index (χ2v) is 11.2. The Balaban J connectivity index is 1.69. The molecule has 7 nitrogen and oxygen atoms in total. The molecule has 3 N–H and O–H groups in total. The molecule has 3 aromatic rings. The van der Waals surface area contributed by atoms with Gasteiger partial charge in [0.1, 0.15) is 16.5 Å². The maximum Gasteiger partial charge on any atom is 0.255 e. The molecule has 1 unspecified atom stereocenters. The van der Waals surface area contributed by atoms with Crippen molar-refractivity contribution in [3.8, 4) is 0 Å². The Kier molecular flexibility index (Phi) is 6.00. The number of anilines is 2. The van der Waals surface area contributed by atoms with Crippen LogP contribution in [-0.4, -0.2) is 35.6 Å². The van der Waals surface area contributed by atoms with E-state index in [1.54, 1.807) is 24.3 Å². The van der Waals surface area contributed by atoms with Gasteiger partial charge in [0, 0.05) is 15.5 Å². The number of sulfone groups is 1. The van der Waals surface area contributed by atoms with Gasteiger partial charge in [-0.15, -0.1) is 0 Å². The third-order valence-electron chi connectivity index (χ3n) is 5.05. The normalized spacial score (nSPS) is 17.5. The molecule has 0 bridgehead atoms. The minimum Gasteiger partial charge on any atom is -0.382 e. The lowest BCUT2D eigenvalue weighted by molar-refractivity contribution is 0.102. The van der Waals surface area contributed by atoms with Crippen LogP contribution in [0, 0.1) is 6.92 Å². The Hall–Kier alpha value is -2.49. The van der Waals surface area contributed by atoms with E-state index in [0.717, 1.165) is 10.5 Å². The fourth-order valence-corrected chi connectivity index (χ4v) is 6.07.